The van der Waals surface area contributed by atoms with Crippen molar-refractivity contribution in [1.82, 2.24) is 0 Å². The summed E-state index contributed by atoms with van der Waals surface area (Å²) in [6, 6.07) is 20.0. The van der Waals surface area contributed by atoms with E-state index >= 15 is 0 Å². The molecule has 0 aromatic heterocycles. The number of benzene rings is 4. The molecule has 4 rings (SSSR count). The standard InChI is InChI=1S/C26H16Br4N2O4/c27-21-19(13-1-3-14(4-2-13)25(33)35-17-9-5-15(31)6-10-17)22(28)24(30)20(23(21)29)26(34)36-18-11-7-16(32)8-12-18/h1-12H,31-32H2. The number of nitrogen functional groups attached to an aromatic ring is 2. The van der Waals surface area contributed by atoms with Gasteiger partial charge in [-0.2, -0.15) is 0 Å². The highest BCUT2D eigenvalue weighted by Crippen LogP contribution is 2.47. The lowest BCUT2D eigenvalue weighted by atomic mass is 10.0. The predicted octanol–water partition coefficient (Wildman–Crippen LogP) is 8.01. The number of hydrogen-bond donors (Lipinski definition) is 2. The summed E-state index contributed by atoms with van der Waals surface area (Å²) in [6.45, 7) is 0. The molecule has 182 valence electrons. The Bertz CT molecular complexity index is 1430. The fourth-order valence-corrected chi connectivity index (χ4v) is 6.13. The van der Waals surface area contributed by atoms with Gasteiger partial charge < -0.3 is 20.9 Å². The molecule has 0 radical (unpaired) electrons. The van der Waals surface area contributed by atoms with Crippen LogP contribution in [-0.2, 0) is 0 Å². The average molecular weight is 740 g/mol. The van der Waals surface area contributed by atoms with Crippen LogP contribution in [0.4, 0.5) is 11.4 Å². The van der Waals surface area contributed by atoms with Crippen LogP contribution < -0.4 is 20.9 Å². The molecular weight excluding hydrogens is 724 g/mol. The number of carbonyl (C=O) groups excluding carboxylic acids is 2. The van der Waals surface area contributed by atoms with Crippen molar-refractivity contribution in [2.24, 2.45) is 0 Å². The molecule has 0 aliphatic carbocycles. The summed E-state index contributed by atoms with van der Waals surface area (Å²) in [5.41, 5.74) is 14.7. The quantitative estimate of drug-likeness (QED) is 0.0931. The zero-order valence-corrected chi connectivity index (χ0v) is 24.6. The van der Waals surface area contributed by atoms with Gasteiger partial charge in [-0.15, -0.1) is 0 Å². The van der Waals surface area contributed by atoms with Gasteiger partial charge in [0.15, 0.2) is 0 Å². The van der Waals surface area contributed by atoms with Crippen molar-refractivity contribution in [3.8, 4) is 22.6 Å². The van der Waals surface area contributed by atoms with E-state index in [1.165, 1.54) is 0 Å². The largest absolute Gasteiger partial charge is 0.423 e. The molecule has 4 aromatic rings. The second-order valence-corrected chi connectivity index (χ2v) is 10.7. The van der Waals surface area contributed by atoms with E-state index in [1.807, 2.05) is 0 Å². The maximum Gasteiger partial charge on any atom is 0.345 e. The van der Waals surface area contributed by atoms with Crippen LogP contribution in [0.1, 0.15) is 20.7 Å². The summed E-state index contributed by atoms with van der Waals surface area (Å²) in [5.74, 6) is -0.288. The number of anilines is 2. The van der Waals surface area contributed by atoms with Crippen LogP contribution in [0.25, 0.3) is 11.1 Å². The van der Waals surface area contributed by atoms with Crippen molar-refractivity contribution >= 4 is 87.0 Å². The number of esters is 2. The number of ether oxygens (including phenoxy) is 2. The zero-order valence-electron chi connectivity index (χ0n) is 18.2. The fraction of sp³-hybridized carbons (Fsp3) is 0. The highest BCUT2D eigenvalue weighted by atomic mass is 79.9. The van der Waals surface area contributed by atoms with E-state index < -0.39 is 11.9 Å². The molecule has 4 aromatic carbocycles. The Morgan fingerprint density at radius 1 is 0.556 bits per heavy atom. The molecule has 0 heterocycles. The maximum absolute atomic E-state index is 13.0. The van der Waals surface area contributed by atoms with Gasteiger partial charge in [-0.1, -0.05) is 12.1 Å². The van der Waals surface area contributed by atoms with Crippen LogP contribution in [0.2, 0.25) is 0 Å². The molecule has 0 saturated carbocycles. The third-order valence-electron chi connectivity index (χ3n) is 5.06. The number of halogens is 4. The summed E-state index contributed by atoms with van der Waals surface area (Å²) in [6.07, 6.45) is 0. The Kier molecular flexibility index (Phi) is 8.19. The first-order valence-corrected chi connectivity index (χ1v) is 13.4. The van der Waals surface area contributed by atoms with Gasteiger partial charge in [0.1, 0.15) is 11.5 Å². The first kappa shape index (κ1) is 26.4. The molecule has 0 unspecified atom stereocenters. The van der Waals surface area contributed by atoms with Gasteiger partial charge in [0.05, 0.1) is 11.1 Å². The highest BCUT2D eigenvalue weighted by Gasteiger charge is 2.26. The molecule has 0 saturated heterocycles. The Morgan fingerprint density at radius 2 is 0.972 bits per heavy atom. The third-order valence-corrected chi connectivity index (χ3v) is 9.29. The molecule has 0 aliphatic rings. The summed E-state index contributed by atoms with van der Waals surface area (Å²) < 4.78 is 13.2. The normalized spacial score (nSPS) is 10.7. The van der Waals surface area contributed by atoms with Gasteiger partial charge in [0, 0.05) is 34.8 Å². The van der Waals surface area contributed by atoms with E-state index in [0.717, 1.165) is 11.1 Å². The molecule has 0 spiro atoms. The van der Waals surface area contributed by atoms with E-state index in [0.29, 0.717) is 46.3 Å². The van der Waals surface area contributed by atoms with Crippen molar-refractivity contribution in [2.75, 3.05) is 11.5 Å². The highest BCUT2D eigenvalue weighted by molar-refractivity contribution is 9.14. The Morgan fingerprint density at radius 3 is 1.42 bits per heavy atom. The van der Waals surface area contributed by atoms with E-state index in [1.54, 1.807) is 72.8 Å². The summed E-state index contributed by atoms with van der Waals surface area (Å²) in [5, 5.41) is 0. The van der Waals surface area contributed by atoms with E-state index in [4.69, 9.17) is 20.9 Å². The summed E-state index contributed by atoms with van der Waals surface area (Å²) in [7, 11) is 0. The first-order chi connectivity index (χ1) is 17.2. The molecule has 0 bridgehead atoms. The fourth-order valence-electron chi connectivity index (χ4n) is 3.23. The van der Waals surface area contributed by atoms with Crippen LogP contribution in [0.3, 0.4) is 0 Å². The summed E-state index contributed by atoms with van der Waals surface area (Å²) >= 11 is 14.2. The van der Waals surface area contributed by atoms with Gasteiger partial charge in [-0.05, 0) is 130 Å². The third kappa shape index (κ3) is 5.67. The van der Waals surface area contributed by atoms with Gasteiger partial charge in [0.2, 0.25) is 0 Å². The SMILES string of the molecule is Nc1ccc(OC(=O)c2ccc(-c3c(Br)c(Br)c(C(=O)Oc4ccc(N)cc4)c(Br)c3Br)cc2)cc1. The lowest BCUT2D eigenvalue weighted by Gasteiger charge is -2.16. The molecule has 10 heteroatoms. The Labute approximate surface area is 240 Å². The molecule has 4 N–H and O–H groups in total. The molecular formula is C26H16Br4N2O4. The van der Waals surface area contributed by atoms with Gasteiger partial charge in [0.25, 0.3) is 0 Å². The van der Waals surface area contributed by atoms with Crippen LogP contribution in [-0.4, -0.2) is 11.9 Å². The van der Waals surface area contributed by atoms with Gasteiger partial charge >= 0.3 is 11.9 Å². The molecule has 0 fully saturated rings. The first-order valence-electron chi connectivity index (χ1n) is 10.3. The number of rotatable bonds is 5. The lowest BCUT2D eigenvalue weighted by Crippen LogP contribution is -2.11. The van der Waals surface area contributed by atoms with Crippen LogP contribution in [0.15, 0.2) is 90.7 Å². The minimum Gasteiger partial charge on any atom is -0.423 e. The van der Waals surface area contributed by atoms with E-state index in [-0.39, 0.29) is 5.56 Å². The minimum atomic E-state index is -0.563. The predicted molar refractivity (Wildman–Crippen MR) is 154 cm³/mol. The maximum atomic E-state index is 13.0. The van der Waals surface area contributed by atoms with Crippen LogP contribution in [0.5, 0.6) is 11.5 Å². The molecule has 6 nitrogen and oxygen atoms in total. The average Bonchev–Trinajstić information content (AvgIpc) is 2.86. The lowest BCUT2D eigenvalue weighted by molar-refractivity contribution is 0.0724. The van der Waals surface area contributed by atoms with Crippen molar-refractivity contribution in [2.45, 2.75) is 0 Å². The Hall–Kier alpha value is -2.66. The van der Waals surface area contributed by atoms with Crippen molar-refractivity contribution in [3.05, 3.63) is 102 Å². The molecule has 0 amide bonds. The minimum absolute atomic E-state index is 0.290. The topological polar surface area (TPSA) is 105 Å². The van der Waals surface area contributed by atoms with Crippen LogP contribution in [0, 0.1) is 0 Å². The second kappa shape index (κ2) is 11.2. The van der Waals surface area contributed by atoms with Crippen LogP contribution >= 0.6 is 63.7 Å². The summed E-state index contributed by atoms with van der Waals surface area (Å²) in [4.78, 5) is 25.5. The Balaban J connectivity index is 1.61. The molecule has 0 atom stereocenters. The van der Waals surface area contributed by atoms with Crippen molar-refractivity contribution < 1.29 is 19.1 Å². The zero-order chi connectivity index (χ0) is 26.0. The van der Waals surface area contributed by atoms with Crippen molar-refractivity contribution in [1.29, 1.82) is 0 Å². The molecule has 0 aliphatic heterocycles. The van der Waals surface area contributed by atoms with Crippen molar-refractivity contribution in [3.63, 3.8) is 0 Å². The van der Waals surface area contributed by atoms with Gasteiger partial charge in [-0.3, -0.25) is 0 Å². The monoisotopic (exact) mass is 736 g/mol. The smallest absolute Gasteiger partial charge is 0.345 e. The van der Waals surface area contributed by atoms with E-state index in [2.05, 4.69) is 63.7 Å². The van der Waals surface area contributed by atoms with Gasteiger partial charge in [-0.25, -0.2) is 9.59 Å². The van der Waals surface area contributed by atoms with E-state index in [9.17, 15) is 9.59 Å². The second-order valence-electron chi connectivity index (χ2n) is 7.50. The molecule has 36 heavy (non-hydrogen) atoms. The number of carbonyl (C=O) groups is 2. The number of hydrogen-bond acceptors (Lipinski definition) is 6. The number of nitrogens with two attached hydrogens (primary N) is 2.